The van der Waals surface area contributed by atoms with Gasteiger partial charge in [-0.1, -0.05) is 17.4 Å². The molecule has 2 heterocycles. The van der Waals surface area contributed by atoms with Gasteiger partial charge in [0.15, 0.2) is 5.13 Å². The molecule has 1 fully saturated rings. The lowest BCUT2D eigenvalue weighted by atomic mass is 10.0. The van der Waals surface area contributed by atoms with E-state index < -0.39 is 23.0 Å². The maximum Gasteiger partial charge on any atom is 0.254 e. The molecule has 190 valence electrons. The molecule has 0 spiro atoms. The minimum atomic E-state index is -0.955. The summed E-state index contributed by atoms with van der Waals surface area (Å²) in [6.07, 6.45) is 1.27. The molecule has 2 aromatic carbocycles. The summed E-state index contributed by atoms with van der Waals surface area (Å²) in [6.45, 7) is 2.87. The number of ketones is 1. The number of amides is 1. The number of aromatic nitrogens is 1. The topological polar surface area (TPSA) is 107 Å². The smallest absolute Gasteiger partial charge is 0.254 e. The maximum atomic E-state index is 14.0. The van der Waals surface area contributed by atoms with Crippen molar-refractivity contribution in [3.05, 3.63) is 63.5 Å². The lowest BCUT2D eigenvalue weighted by molar-refractivity contribution is 0.0717. The van der Waals surface area contributed by atoms with E-state index in [-0.39, 0.29) is 22.6 Å². The Labute approximate surface area is 211 Å². The first-order valence-corrected chi connectivity index (χ1v) is 12.1. The molecule has 1 saturated heterocycles. The van der Waals surface area contributed by atoms with Crippen LogP contribution < -0.4 is 20.5 Å². The average Bonchev–Trinajstić information content (AvgIpc) is 3.23. The molecule has 1 amide bonds. The number of nitrogens with one attached hydrogen (secondary N) is 1. The third kappa shape index (κ3) is 4.97. The Balaban J connectivity index is 1.41. The Hall–Kier alpha value is -3.73. The van der Waals surface area contributed by atoms with Crippen LogP contribution in [0.4, 0.5) is 19.7 Å². The Morgan fingerprint density at radius 1 is 1.11 bits per heavy atom. The number of carbonyl (C=O) groups excluding carboxylic acids is 2. The summed E-state index contributed by atoms with van der Waals surface area (Å²) in [5.74, 6) is -1.81. The fraction of sp³-hybridized carbons (Fsp3) is 0.320. The molecule has 3 aromatic rings. The van der Waals surface area contributed by atoms with E-state index in [1.807, 2.05) is 6.92 Å². The quantitative estimate of drug-likeness (QED) is 0.452. The molecule has 0 bridgehead atoms. The number of hydrogen-bond donors (Lipinski definition) is 2. The summed E-state index contributed by atoms with van der Waals surface area (Å²) in [4.78, 5) is 31.7. The molecule has 1 aliphatic rings. The Bertz CT molecular complexity index is 1260. The normalized spacial score (nSPS) is 14.0. The number of halogens is 2. The van der Waals surface area contributed by atoms with E-state index in [0.29, 0.717) is 48.1 Å². The Kier molecular flexibility index (Phi) is 7.39. The second kappa shape index (κ2) is 10.5. The highest BCUT2D eigenvalue weighted by atomic mass is 32.1. The van der Waals surface area contributed by atoms with Gasteiger partial charge in [0.2, 0.25) is 5.78 Å². The molecular formula is C25H26F2N4O4S. The molecule has 0 unspecified atom stereocenters. The van der Waals surface area contributed by atoms with Crippen molar-refractivity contribution in [3.63, 3.8) is 0 Å². The first-order chi connectivity index (χ1) is 17.2. The van der Waals surface area contributed by atoms with Gasteiger partial charge in [0.25, 0.3) is 5.91 Å². The van der Waals surface area contributed by atoms with Gasteiger partial charge in [-0.3, -0.25) is 9.59 Å². The van der Waals surface area contributed by atoms with Gasteiger partial charge >= 0.3 is 0 Å². The van der Waals surface area contributed by atoms with Crippen LogP contribution in [0, 0.1) is 18.6 Å². The van der Waals surface area contributed by atoms with Gasteiger partial charge in [-0.2, -0.15) is 0 Å². The molecule has 8 nitrogen and oxygen atoms in total. The molecule has 0 saturated carbocycles. The van der Waals surface area contributed by atoms with Crippen molar-refractivity contribution in [1.82, 2.24) is 9.88 Å². The monoisotopic (exact) mass is 516 g/mol. The van der Waals surface area contributed by atoms with Crippen LogP contribution in [-0.4, -0.2) is 54.9 Å². The zero-order chi connectivity index (χ0) is 26.0. The fourth-order valence-electron chi connectivity index (χ4n) is 4.18. The van der Waals surface area contributed by atoms with Crippen molar-refractivity contribution in [2.24, 2.45) is 0 Å². The van der Waals surface area contributed by atoms with Crippen LogP contribution in [0.25, 0.3) is 0 Å². The SMILES string of the molecule is COc1cc(C(=O)N2CCC(Nc3nc(N)c(C(=O)c4c(F)cccc4F)s3)CC2)cc(OC)c1C. The number of hydrogen-bond acceptors (Lipinski definition) is 8. The number of nitrogens with two attached hydrogens (primary N) is 1. The number of rotatable bonds is 7. The van der Waals surface area contributed by atoms with E-state index in [9.17, 15) is 18.4 Å². The van der Waals surface area contributed by atoms with Gasteiger partial charge in [0.05, 0.1) is 19.8 Å². The minimum absolute atomic E-state index is 0.0187. The third-order valence-corrected chi connectivity index (χ3v) is 7.16. The standard InChI is InChI=1S/C25H26F2N4O4S/c1-13-18(34-2)11-14(12-19(13)35-3)24(33)31-9-7-15(8-10-31)29-25-30-23(28)22(36-25)21(32)20-16(26)5-4-6-17(20)27/h4-6,11-12,15H,7-10,28H2,1-3H3,(H,29,30). The first-order valence-electron chi connectivity index (χ1n) is 11.3. The average molecular weight is 517 g/mol. The van der Waals surface area contributed by atoms with Crippen LogP contribution in [0.2, 0.25) is 0 Å². The molecule has 0 radical (unpaired) electrons. The van der Waals surface area contributed by atoms with Gasteiger partial charge in [-0.05, 0) is 44.0 Å². The third-order valence-electron chi connectivity index (χ3n) is 6.16. The number of ether oxygens (including phenoxy) is 2. The lowest BCUT2D eigenvalue weighted by Gasteiger charge is -2.32. The molecule has 3 N–H and O–H groups in total. The predicted octanol–water partition coefficient (Wildman–Crippen LogP) is 4.28. The van der Waals surface area contributed by atoms with E-state index in [1.165, 1.54) is 6.07 Å². The Morgan fingerprint density at radius 2 is 1.69 bits per heavy atom. The van der Waals surface area contributed by atoms with Crippen LogP contribution in [-0.2, 0) is 0 Å². The van der Waals surface area contributed by atoms with E-state index in [2.05, 4.69) is 10.3 Å². The van der Waals surface area contributed by atoms with Crippen LogP contribution in [0.15, 0.2) is 30.3 Å². The summed E-state index contributed by atoms with van der Waals surface area (Å²) in [6, 6.07) is 6.62. The van der Waals surface area contributed by atoms with Crippen LogP contribution in [0.3, 0.4) is 0 Å². The van der Waals surface area contributed by atoms with Gasteiger partial charge in [-0.25, -0.2) is 13.8 Å². The molecule has 11 heteroatoms. The van der Waals surface area contributed by atoms with Crippen LogP contribution in [0.5, 0.6) is 11.5 Å². The van der Waals surface area contributed by atoms with Crippen molar-refractivity contribution in [2.45, 2.75) is 25.8 Å². The number of thiazole rings is 1. The molecule has 36 heavy (non-hydrogen) atoms. The molecule has 0 atom stereocenters. The van der Waals surface area contributed by atoms with Gasteiger partial charge in [0, 0.05) is 30.3 Å². The zero-order valence-electron chi connectivity index (χ0n) is 20.1. The molecule has 1 aromatic heterocycles. The summed E-state index contributed by atoms with van der Waals surface area (Å²) >= 11 is 0.949. The second-order valence-corrected chi connectivity index (χ2v) is 9.37. The zero-order valence-corrected chi connectivity index (χ0v) is 20.9. The number of piperidine rings is 1. The van der Waals surface area contributed by atoms with Crippen molar-refractivity contribution in [1.29, 1.82) is 0 Å². The maximum absolute atomic E-state index is 14.0. The van der Waals surface area contributed by atoms with E-state index >= 15 is 0 Å². The molecule has 0 aliphatic carbocycles. The van der Waals surface area contributed by atoms with Gasteiger partial charge in [0.1, 0.15) is 33.8 Å². The summed E-state index contributed by atoms with van der Waals surface area (Å²) < 4.78 is 38.8. The van der Waals surface area contributed by atoms with Crippen molar-refractivity contribution in [3.8, 4) is 11.5 Å². The summed E-state index contributed by atoms with van der Waals surface area (Å²) in [5, 5.41) is 3.61. The minimum Gasteiger partial charge on any atom is -0.496 e. The number of methoxy groups -OCH3 is 2. The number of carbonyl (C=O) groups is 2. The molecule has 4 rings (SSSR count). The summed E-state index contributed by atoms with van der Waals surface area (Å²) in [5.41, 5.74) is 6.53. The lowest BCUT2D eigenvalue weighted by Crippen LogP contribution is -2.42. The van der Waals surface area contributed by atoms with Crippen LogP contribution in [0.1, 0.15) is 44.0 Å². The van der Waals surface area contributed by atoms with Crippen molar-refractivity contribution in [2.75, 3.05) is 38.4 Å². The number of likely N-dealkylation sites (tertiary alicyclic amines) is 1. The largest absolute Gasteiger partial charge is 0.496 e. The highest BCUT2D eigenvalue weighted by Crippen LogP contribution is 2.32. The van der Waals surface area contributed by atoms with E-state index in [0.717, 1.165) is 29.0 Å². The fourth-order valence-corrected chi connectivity index (χ4v) is 5.09. The molecular weight excluding hydrogens is 490 g/mol. The van der Waals surface area contributed by atoms with Gasteiger partial charge in [-0.15, -0.1) is 0 Å². The van der Waals surface area contributed by atoms with Gasteiger partial charge < -0.3 is 25.4 Å². The van der Waals surface area contributed by atoms with E-state index in [1.54, 1.807) is 31.3 Å². The predicted molar refractivity (Wildman–Crippen MR) is 133 cm³/mol. The number of nitrogen functional groups attached to an aromatic ring is 1. The van der Waals surface area contributed by atoms with Crippen molar-refractivity contribution < 1.29 is 27.8 Å². The number of benzene rings is 2. The second-order valence-electron chi connectivity index (χ2n) is 8.38. The summed E-state index contributed by atoms with van der Waals surface area (Å²) in [7, 11) is 3.09. The highest BCUT2D eigenvalue weighted by Gasteiger charge is 2.28. The molecule has 1 aliphatic heterocycles. The highest BCUT2D eigenvalue weighted by molar-refractivity contribution is 7.18. The number of anilines is 2. The first kappa shape index (κ1) is 25.4. The van der Waals surface area contributed by atoms with Crippen molar-refractivity contribution >= 4 is 34.0 Å². The Morgan fingerprint density at radius 3 is 2.25 bits per heavy atom. The number of nitrogens with zero attached hydrogens (tertiary/aromatic N) is 2. The van der Waals surface area contributed by atoms with Crippen LogP contribution >= 0.6 is 11.3 Å². The van der Waals surface area contributed by atoms with E-state index in [4.69, 9.17) is 15.2 Å².